The van der Waals surface area contributed by atoms with Gasteiger partial charge in [-0.1, -0.05) is 6.07 Å². The lowest BCUT2D eigenvalue weighted by Gasteiger charge is -2.16. The van der Waals surface area contributed by atoms with Crippen molar-refractivity contribution in [1.29, 1.82) is 0 Å². The zero-order valence-corrected chi connectivity index (χ0v) is 11.4. The zero-order chi connectivity index (χ0) is 12.8. The molecule has 0 N–H and O–H groups in total. The molecule has 18 heavy (non-hydrogen) atoms. The van der Waals surface area contributed by atoms with Crippen LogP contribution in [0.1, 0.15) is 18.4 Å². The molecule has 0 amide bonds. The lowest BCUT2D eigenvalue weighted by atomic mass is 10.1. The largest absolute Gasteiger partial charge is 0.493 e. The topological polar surface area (TPSA) is 35.5 Å². The minimum absolute atomic E-state index is 0.296. The summed E-state index contributed by atoms with van der Waals surface area (Å²) in [7, 11) is 1.65. The van der Waals surface area contributed by atoms with E-state index < -0.39 is 0 Å². The molecule has 0 aromatic heterocycles. The van der Waals surface area contributed by atoms with Gasteiger partial charge in [0.1, 0.15) is 12.4 Å². The molecule has 1 aliphatic heterocycles. The van der Waals surface area contributed by atoms with Crippen LogP contribution in [0.5, 0.6) is 11.5 Å². The Bertz CT molecular complexity index is 400. The highest BCUT2D eigenvalue weighted by atomic mass is 32.2. The van der Waals surface area contributed by atoms with Crippen molar-refractivity contribution in [3.8, 4) is 11.5 Å². The zero-order valence-electron chi connectivity index (χ0n) is 10.6. The van der Waals surface area contributed by atoms with E-state index in [1.165, 1.54) is 5.75 Å². The minimum Gasteiger partial charge on any atom is -0.493 e. The summed E-state index contributed by atoms with van der Waals surface area (Å²) in [6.07, 6.45) is 3.62. The molecular weight excluding hydrogens is 248 g/mol. The van der Waals surface area contributed by atoms with Crippen LogP contribution in [0.15, 0.2) is 18.2 Å². The third-order valence-electron chi connectivity index (χ3n) is 2.96. The maximum absolute atomic E-state index is 10.4. The maximum Gasteiger partial charge on any atom is 0.161 e. The fraction of sp³-hybridized carbons (Fsp3) is 0.500. The predicted molar refractivity (Wildman–Crippen MR) is 73.7 cm³/mol. The highest BCUT2D eigenvalue weighted by Crippen LogP contribution is 2.32. The van der Waals surface area contributed by atoms with Gasteiger partial charge in [0.25, 0.3) is 0 Å². The van der Waals surface area contributed by atoms with Crippen molar-refractivity contribution in [1.82, 2.24) is 0 Å². The van der Waals surface area contributed by atoms with E-state index in [0.717, 1.165) is 41.9 Å². The predicted octanol–water partition coefficient (Wildman–Crippen LogP) is 2.71. The van der Waals surface area contributed by atoms with Crippen molar-refractivity contribution in [2.24, 2.45) is 0 Å². The number of ether oxygens (including phenoxy) is 2. The van der Waals surface area contributed by atoms with E-state index in [2.05, 4.69) is 0 Å². The SMILES string of the molecule is COc1cc(CCC=O)ccc1OC1CCSC1. The van der Waals surface area contributed by atoms with Gasteiger partial charge < -0.3 is 14.3 Å². The average molecular weight is 266 g/mol. The third kappa shape index (κ3) is 3.42. The van der Waals surface area contributed by atoms with Gasteiger partial charge in [-0.2, -0.15) is 11.8 Å². The number of hydrogen-bond donors (Lipinski definition) is 0. The summed E-state index contributed by atoms with van der Waals surface area (Å²) in [5, 5.41) is 0. The Labute approximate surface area is 112 Å². The molecule has 1 aromatic carbocycles. The second kappa shape index (κ2) is 6.69. The second-order valence-corrected chi connectivity index (χ2v) is 5.44. The third-order valence-corrected chi connectivity index (χ3v) is 4.09. The molecule has 3 nitrogen and oxygen atoms in total. The van der Waals surface area contributed by atoms with E-state index in [0.29, 0.717) is 12.5 Å². The molecular formula is C14H18O3S. The Kier molecular flexibility index (Phi) is 4.93. The van der Waals surface area contributed by atoms with Crippen LogP contribution in [0.25, 0.3) is 0 Å². The van der Waals surface area contributed by atoms with Gasteiger partial charge >= 0.3 is 0 Å². The van der Waals surface area contributed by atoms with Crippen LogP contribution < -0.4 is 9.47 Å². The Morgan fingerprint density at radius 3 is 3.00 bits per heavy atom. The van der Waals surface area contributed by atoms with E-state index in [1.807, 2.05) is 30.0 Å². The van der Waals surface area contributed by atoms with Crippen LogP contribution in [0.4, 0.5) is 0 Å². The number of carbonyl (C=O) groups is 1. The standard InChI is InChI=1S/C14H18O3S/c1-16-14-9-11(3-2-7-15)4-5-13(14)17-12-6-8-18-10-12/h4-5,7,9,12H,2-3,6,8,10H2,1H3. The number of hydrogen-bond acceptors (Lipinski definition) is 4. The summed E-state index contributed by atoms with van der Waals surface area (Å²) in [5.74, 6) is 3.79. The van der Waals surface area contributed by atoms with Gasteiger partial charge in [-0.3, -0.25) is 0 Å². The molecule has 1 unspecified atom stereocenters. The van der Waals surface area contributed by atoms with E-state index in [1.54, 1.807) is 7.11 Å². The smallest absolute Gasteiger partial charge is 0.161 e. The van der Waals surface area contributed by atoms with Crippen LogP contribution in [-0.4, -0.2) is 31.0 Å². The normalized spacial score (nSPS) is 18.6. The number of benzene rings is 1. The van der Waals surface area contributed by atoms with Crippen molar-refractivity contribution in [3.05, 3.63) is 23.8 Å². The molecule has 2 rings (SSSR count). The quantitative estimate of drug-likeness (QED) is 0.742. The van der Waals surface area contributed by atoms with Crippen LogP contribution in [0.3, 0.4) is 0 Å². The molecule has 1 aliphatic rings. The Morgan fingerprint density at radius 1 is 1.44 bits per heavy atom. The van der Waals surface area contributed by atoms with Crippen molar-refractivity contribution in [2.45, 2.75) is 25.4 Å². The molecule has 0 saturated carbocycles. The van der Waals surface area contributed by atoms with Gasteiger partial charge in [0.2, 0.25) is 0 Å². The summed E-state index contributed by atoms with van der Waals surface area (Å²) < 4.78 is 11.3. The van der Waals surface area contributed by atoms with Gasteiger partial charge in [0.15, 0.2) is 11.5 Å². The number of carbonyl (C=O) groups excluding carboxylic acids is 1. The van der Waals surface area contributed by atoms with E-state index in [4.69, 9.17) is 9.47 Å². The van der Waals surface area contributed by atoms with Crippen LogP contribution in [0, 0.1) is 0 Å². The fourth-order valence-corrected chi connectivity index (χ4v) is 3.07. The summed E-state index contributed by atoms with van der Waals surface area (Å²) in [6, 6.07) is 5.91. The van der Waals surface area contributed by atoms with Crippen LogP contribution in [0.2, 0.25) is 0 Å². The monoisotopic (exact) mass is 266 g/mol. The van der Waals surface area contributed by atoms with Gasteiger partial charge in [-0.25, -0.2) is 0 Å². The first-order chi connectivity index (χ1) is 8.83. The van der Waals surface area contributed by atoms with Crippen molar-refractivity contribution in [3.63, 3.8) is 0 Å². The molecule has 4 heteroatoms. The summed E-state index contributed by atoms with van der Waals surface area (Å²) in [5.41, 5.74) is 1.10. The maximum atomic E-state index is 10.4. The van der Waals surface area contributed by atoms with Gasteiger partial charge in [0, 0.05) is 12.2 Å². The molecule has 1 heterocycles. The van der Waals surface area contributed by atoms with E-state index in [9.17, 15) is 4.79 Å². The molecule has 0 spiro atoms. The Morgan fingerprint density at radius 2 is 2.33 bits per heavy atom. The van der Waals surface area contributed by atoms with Gasteiger partial charge in [0.05, 0.1) is 7.11 Å². The molecule has 1 atom stereocenters. The van der Waals surface area contributed by atoms with Crippen LogP contribution >= 0.6 is 11.8 Å². The van der Waals surface area contributed by atoms with Gasteiger partial charge in [-0.15, -0.1) is 0 Å². The van der Waals surface area contributed by atoms with Crippen LogP contribution in [-0.2, 0) is 11.2 Å². The average Bonchev–Trinajstić information content (AvgIpc) is 2.90. The summed E-state index contributed by atoms with van der Waals surface area (Å²) >= 11 is 1.92. The first kappa shape index (κ1) is 13.3. The lowest BCUT2D eigenvalue weighted by molar-refractivity contribution is -0.107. The number of rotatable bonds is 6. The number of methoxy groups -OCH3 is 1. The van der Waals surface area contributed by atoms with E-state index in [-0.39, 0.29) is 0 Å². The summed E-state index contributed by atoms with van der Waals surface area (Å²) in [6.45, 7) is 0. The van der Waals surface area contributed by atoms with E-state index >= 15 is 0 Å². The summed E-state index contributed by atoms with van der Waals surface area (Å²) in [4.78, 5) is 10.4. The lowest BCUT2D eigenvalue weighted by Crippen LogP contribution is -2.15. The van der Waals surface area contributed by atoms with Gasteiger partial charge in [-0.05, 0) is 36.3 Å². The molecule has 1 fully saturated rings. The number of thioether (sulfide) groups is 1. The van der Waals surface area contributed by atoms with Crippen molar-refractivity contribution < 1.29 is 14.3 Å². The van der Waals surface area contributed by atoms with Crippen molar-refractivity contribution in [2.75, 3.05) is 18.6 Å². The number of aldehydes is 1. The molecule has 1 aromatic rings. The number of aryl methyl sites for hydroxylation is 1. The Balaban J connectivity index is 2.06. The second-order valence-electron chi connectivity index (χ2n) is 4.29. The molecule has 0 radical (unpaired) electrons. The molecule has 98 valence electrons. The Hall–Kier alpha value is -1.16. The minimum atomic E-state index is 0.296. The highest BCUT2D eigenvalue weighted by Gasteiger charge is 2.18. The highest BCUT2D eigenvalue weighted by molar-refractivity contribution is 7.99. The van der Waals surface area contributed by atoms with Crippen molar-refractivity contribution >= 4 is 18.0 Å². The first-order valence-corrected chi connectivity index (χ1v) is 7.34. The first-order valence-electron chi connectivity index (χ1n) is 6.18. The fourth-order valence-electron chi connectivity index (χ4n) is 1.98. The molecule has 1 saturated heterocycles. The molecule has 0 aliphatic carbocycles. The molecule has 0 bridgehead atoms.